The lowest BCUT2D eigenvalue weighted by Gasteiger charge is -2.12. The molecule has 0 aliphatic heterocycles. The lowest BCUT2D eigenvalue weighted by Crippen LogP contribution is -2.25. The van der Waals surface area contributed by atoms with Crippen LogP contribution in [-0.4, -0.2) is 33.6 Å². The Morgan fingerprint density at radius 3 is 2.19 bits per heavy atom. The Morgan fingerprint density at radius 1 is 1.00 bits per heavy atom. The van der Waals surface area contributed by atoms with E-state index in [0.29, 0.717) is 5.69 Å². The third kappa shape index (κ3) is 5.07. The van der Waals surface area contributed by atoms with Crippen molar-refractivity contribution in [2.45, 2.75) is 31.8 Å². The summed E-state index contributed by atoms with van der Waals surface area (Å²) in [6, 6.07) is 10.6. The molecule has 27 heavy (non-hydrogen) atoms. The van der Waals surface area contributed by atoms with Crippen LogP contribution in [0.15, 0.2) is 47.4 Å². The van der Waals surface area contributed by atoms with Crippen molar-refractivity contribution >= 4 is 27.6 Å². The van der Waals surface area contributed by atoms with Gasteiger partial charge in [-0.25, -0.2) is 18.0 Å². The molecule has 0 unspecified atom stereocenters. The van der Waals surface area contributed by atoms with Crippen LogP contribution >= 0.6 is 0 Å². The monoisotopic (exact) mass is 391 g/mol. The fourth-order valence-electron chi connectivity index (χ4n) is 2.21. The van der Waals surface area contributed by atoms with Crippen LogP contribution in [0.2, 0.25) is 0 Å². The first-order chi connectivity index (χ1) is 12.6. The molecule has 0 spiro atoms. The topological polar surface area (TPSA) is 98.8 Å². The minimum Gasteiger partial charge on any atom is -0.466 e. The lowest BCUT2D eigenvalue weighted by atomic mass is 10.1. The summed E-state index contributed by atoms with van der Waals surface area (Å²) < 4.78 is 36.9. The minimum atomic E-state index is -3.75. The number of nitrogens with one attached hydrogen (secondary N) is 1. The van der Waals surface area contributed by atoms with Gasteiger partial charge in [-0.3, -0.25) is 4.72 Å². The molecule has 0 bridgehead atoms. The predicted octanol–water partition coefficient (Wildman–Crippen LogP) is 2.82. The molecule has 0 fully saturated rings. The van der Waals surface area contributed by atoms with E-state index in [9.17, 15) is 18.0 Å². The zero-order valence-corrected chi connectivity index (χ0v) is 16.3. The summed E-state index contributed by atoms with van der Waals surface area (Å²) in [4.78, 5) is 23.4. The maximum absolute atomic E-state index is 12.5. The Morgan fingerprint density at radius 2 is 1.63 bits per heavy atom. The number of rotatable bonds is 6. The molecule has 0 amide bonds. The summed E-state index contributed by atoms with van der Waals surface area (Å²) in [7, 11) is -2.55. The van der Waals surface area contributed by atoms with Gasteiger partial charge in [0.1, 0.15) is 0 Å². The highest BCUT2D eigenvalue weighted by molar-refractivity contribution is 7.92. The second kappa shape index (κ2) is 8.22. The lowest BCUT2D eigenvalue weighted by molar-refractivity contribution is -0.149. The van der Waals surface area contributed by atoms with Crippen molar-refractivity contribution in [3.05, 3.63) is 59.2 Å². The molecule has 0 saturated heterocycles. The highest BCUT2D eigenvalue weighted by Crippen LogP contribution is 2.19. The Balaban J connectivity index is 2.11. The zero-order valence-electron chi connectivity index (χ0n) is 15.5. The third-order valence-corrected chi connectivity index (χ3v) is 5.36. The van der Waals surface area contributed by atoms with Gasteiger partial charge in [0, 0.05) is 5.69 Å². The summed E-state index contributed by atoms with van der Waals surface area (Å²) in [5, 5.41) is 0. The molecule has 0 aliphatic carbocycles. The molecule has 0 aliphatic rings. The second-order valence-corrected chi connectivity index (χ2v) is 7.68. The molecule has 8 heteroatoms. The summed E-state index contributed by atoms with van der Waals surface area (Å²) in [5.74, 6) is -1.38. The van der Waals surface area contributed by atoms with E-state index in [1.54, 1.807) is 12.1 Å². The SMILES string of the molecule is COC(=O)[C@@H](C)OC(=O)c1ccc(NS(=O)(=O)c2ccc(C)c(C)c2)cc1. The number of anilines is 1. The smallest absolute Gasteiger partial charge is 0.346 e. The maximum atomic E-state index is 12.5. The van der Waals surface area contributed by atoms with Gasteiger partial charge >= 0.3 is 11.9 Å². The van der Waals surface area contributed by atoms with Gasteiger partial charge in [0.2, 0.25) is 0 Å². The van der Waals surface area contributed by atoms with Gasteiger partial charge in [0.15, 0.2) is 6.10 Å². The molecule has 0 heterocycles. The van der Waals surface area contributed by atoms with Crippen LogP contribution < -0.4 is 4.72 Å². The highest BCUT2D eigenvalue weighted by Gasteiger charge is 2.20. The Hall–Kier alpha value is -2.87. The standard InChI is InChI=1S/C19H21NO6S/c1-12-5-10-17(11-13(12)2)27(23,24)20-16-8-6-15(7-9-16)19(22)26-14(3)18(21)25-4/h5-11,14,20H,1-4H3/t14-/m1/s1. The summed E-state index contributed by atoms with van der Waals surface area (Å²) in [6.45, 7) is 5.14. The van der Waals surface area contributed by atoms with Crippen molar-refractivity contribution in [2.75, 3.05) is 11.8 Å². The highest BCUT2D eigenvalue weighted by atomic mass is 32.2. The molecule has 0 radical (unpaired) electrons. The number of carbonyl (C=O) groups excluding carboxylic acids is 2. The molecule has 2 aromatic carbocycles. The van der Waals surface area contributed by atoms with Crippen LogP contribution in [0.5, 0.6) is 0 Å². The van der Waals surface area contributed by atoms with E-state index in [1.165, 1.54) is 44.4 Å². The van der Waals surface area contributed by atoms with E-state index in [0.717, 1.165) is 11.1 Å². The normalized spacial score (nSPS) is 12.1. The minimum absolute atomic E-state index is 0.154. The van der Waals surface area contributed by atoms with Crippen LogP contribution in [0.4, 0.5) is 5.69 Å². The number of ether oxygens (including phenoxy) is 2. The fraction of sp³-hybridized carbons (Fsp3) is 0.263. The van der Waals surface area contributed by atoms with Gasteiger partial charge in [-0.2, -0.15) is 0 Å². The molecular formula is C19H21NO6S. The molecule has 1 atom stereocenters. The molecule has 1 N–H and O–H groups in total. The number of methoxy groups -OCH3 is 1. The van der Waals surface area contributed by atoms with E-state index < -0.39 is 28.1 Å². The van der Waals surface area contributed by atoms with E-state index in [-0.39, 0.29) is 10.5 Å². The summed E-state index contributed by atoms with van der Waals surface area (Å²) >= 11 is 0. The van der Waals surface area contributed by atoms with E-state index in [4.69, 9.17) is 4.74 Å². The zero-order chi connectivity index (χ0) is 20.2. The number of benzene rings is 2. The fourth-order valence-corrected chi connectivity index (χ4v) is 3.36. The molecule has 0 saturated carbocycles. The maximum Gasteiger partial charge on any atom is 0.346 e. The first-order valence-corrected chi connectivity index (χ1v) is 9.61. The van der Waals surface area contributed by atoms with Crippen molar-refractivity contribution in [2.24, 2.45) is 0 Å². The predicted molar refractivity (Wildman–Crippen MR) is 100 cm³/mol. The van der Waals surface area contributed by atoms with Crippen molar-refractivity contribution in [3.8, 4) is 0 Å². The van der Waals surface area contributed by atoms with E-state index >= 15 is 0 Å². The summed E-state index contributed by atoms with van der Waals surface area (Å²) in [5.41, 5.74) is 2.35. The number of esters is 2. The first kappa shape index (κ1) is 20.4. The van der Waals surface area contributed by atoms with Gasteiger partial charge in [0.25, 0.3) is 10.0 Å². The number of aryl methyl sites for hydroxylation is 2. The van der Waals surface area contributed by atoms with Crippen molar-refractivity contribution in [3.63, 3.8) is 0 Å². The molecule has 2 aromatic rings. The largest absolute Gasteiger partial charge is 0.466 e. The molecular weight excluding hydrogens is 370 g/mol. The van der Waals surface area contributed by atoms with Crippen LogP contribution in [0.3, 0.4) is 0 Å². The second-order valence-electron chi connectivity index (χ2n) is 6.00. The Kier molecular flexibility index (Phi) is 6.22. The number of sulfonamides is 1. The quantitative estimate of drug-likeness (QED) is 0.760. The van der Waals surface area contributed by atoms with Crippen LogP contribution in [0, 0.1) is 13.8 Å². The van der Waals surface area contributed by atoms with Crippen molar-refractivity contribution in [1.29, 1.82) is 0 Å². The van der Waals surface area contributed by atoms with E-state index in [2.05, 4.69) is 9.46 Å². The number of hydrogen-bond donors (Lipinski definition) is 1. The molecule has 2 rings (SSSR count). The molecule has 144 valence electrons. The van der Waals surface area contributed by atoms with Gasteiger partial charge in [-0.15, -0.1) is 0 Å². The van der Waals surface area contributed by atoms with Crippen molar-refractivity contribution < 1.29 is 27.5 Å². The van der Waals surface area contributed by atoms with Gasteiger partial charge in [-0.1, -0.05) is 6.07 Å². The van der Waals surface area contributed by atoms with Crippen LogP contribution in [0.1, 0.15) is 28.4 Å². The number of carbonyl (C=O) groups is 2. The van der Waals surface area contributed by atoms with Gasteiger partial charge in [-0.05, 0) is 68.3 Å². The Bertz CT molecular complexity index is 951. The van der Waals surface area contributed by atoms with Crippen LogP contribution in [0.25, 0.3) is 0 Å². The third-order valence-electron chi connectivity index (χ3n) is 3.98. The van der Waals surface area contributed by atoms with E-state index in [1.807, 2.05) is 13.8 Å². The average molecular weight is 391 g/mol. The number of hydrogen-bond acceptors (Lipinski definition) is 6. The Labute approximate surface area is 158 Å². The average Bonchev–Trinajstić information content (AvgIpc) is 2.63. The van der Waals surface area contributed by atoms with Gasteiger partial charge < -0.3 is 9.47 Å². The van der Waals surface area contributed by atoms with Crippen molar-refractivity contribution in [1.82, 2.24) is 0 Å². The molecule has 7 nitrogen and oxygen atoms in total. The summed E-state index contributed by atoms with van der Waals surface area (Å²) in [6.07, 6.45) is -1.04. The van der Waals surface area contributed by atoms with Gasteiger partial charge in [0.05, 0.1) is 17.6 Å². The first-order valence-electron chi connectivity index (χ1n) is 8.13. The van der Waals surface area contributed by atoms with Crippen LogP contribution in [-0.2, 0) is 24.3 Å². The molecule has 0 aromatic heterocycles.